The van der Waals surface area contributed by atoms with Gasteiger partial charge < -0.3 is 15.7 Å². The highest BCUT2D eigenvalue weighted by molar-refractivity contribution is 5.84. The summed E-state index contributed by atoms with van der Waals surface area (Å²) in [7, 11) is 1.60. The quantitative estimate of drug-likeness (QED) is 0.663. The predicted molar refractivity (Wildman–Crippen MR) is 72.8 cm³/mol. The minimum atomic E-state index is -1.08. The number of aryl methyl sites for hydroxylation is 1. The first-order chi connectivity index (χ1) is 9.54. The normalized spacial score (nSPS) is 11.9. The lowest BCUT2D eigenvalue weighted by Crippen LogP contribution is -2.44. The predicted octanol–water partition coefficient (Wildman–Crippen LogP) is 0.937. The molecule has 20 heavy (non-hydrogen) atoms. The van der Waals surface area contributed by atoms with Gasteiger partial charge in [0.05, 0.1) is 6.54 Å². The molecule has 110 valence electrons. The van der Waals surface area contributed by atoms with Crippen LogP contribution in [0.3, 0.4) is 0 Å². The molecular weight excluding hydrogens is 263 g/mol. The van der Waals surface area contributed by atoms with Gasteiger partial charge in [0.25, 0.3) is 0 Å². The zero-order chi connectivity index (χ0) is 15.0. The number of carbonyl (C=O) groups excluding carboxylic acids is 1. The van der Waals surface area contributed by atoms with Crippen LogP contribution in [0.25, 0.3) is 0 Å². The second kappa shape index (κ2) is 8.27. The summed E-state index contributed by atoms with van der Waals surface area (Å²) in [5.74, 6) is -1.74. The molecule has 0 spiro atoms. The Bertz CT molecular complexity index is 465. The van der Waals surface area contributed by atoms with Crippen molar-refractivity contribution in [2.75, 3.05) is 13.6 Å². The zero-order valence-corrected chi connectivity index (χ0v) is 11.4. The summed E-state index contributed by atoms with van der Waals surface area (Å²) < 4.78 is 13.4. The molecule has 6 heteroatoms. The fourth-order valence-corrected chi connectivity index (χ4v) is 1.86. The first kappa shape index (κ1) is 16.1. The van der Waals surface area contributed by atoms with Crippen LogP contribution >= 0.6 is 0 Å². The maximum Gasteiger partial charge on any atom is 0.326 e. The number of hydrogen-bond donors (Lipinski definition) is 3. The average molecular weight is 282 g/mol. The Morgan fingerprint density at radius 1 is 1.35 bits per heavy atom. The van der Waals surface area contributed by atoms with Crippen molar-refractivity contribution in [3.05, 3.63) is 35.6 Å². The third-order valence-electron chi connectivity index (χ3n) is 2.87. The van der Waals surface area contributed by atoms with Crippen LogP contribution in [0.4, 0.5) is 4.39 Å². The number of likely N-dealkylation sites (N-methyl/N-ethyl adjacent to an activating group) is 1. The van der Waals surface area contributed by atoms with Gasteiger partial charge in [-0.2, -0.15) is 0 Å². The number of carboxylic acid groups (broad SMARTS) is 1. The monoisotopic (exact) mass is 282 g/mol. The molecule has 1 rings (SSSR count). The van der Waals surface area contributed by atoms with E-state index in [1.807, 2.05) is 0 Å². The lowest BCUT2D eigenvalue weighted by Gasteiger charge is -2.14. The van der Waals surface area contributed by atoms with E-state index in [9.17, 15) is 14.0 Å². The summed E-state index contributed by atoms with van der Waals surface area (Å²) >= 11 is 0. The van der Waals surface area contributed by atoms with Crippen LogP contribution in [0.15, 0.2) is 24.3 Å². The van der Waals surface area contributed by atoms with Crippen molar-refractivity contribution in [1.82, 2.24) is 10.6 Å². The molecule has 1 aromatic rings. The van der Waals surface area contributed by atoms with E-state index in [-0.39, 0.29) is 24.7 Å². The number of halogens is 1. The van der Waals surface area contributed by atoms with Crippen LogP contribution in [0.1, 0.15) is 18.4 Å². The minimum absolute atomic E-state index is 0.0666. The Balaban J connectivity index is 2.45. The van der Waals surface area contributed by atoms with Crippen LogP contribution in [0, 0.1) is 5.82 Å². The first-order valence-corrected chi connectivity index (χ1v) is 6.44. The molecule has 0 aliphatic carbocycles. The number of nitrogens with one attached hydrogen (secondary N) is 2. The number of carbonyl (C=O) groups is 2. The number of carboxylic acids is 1. The third kappa shape index (κ3) is 5.36. The van der Waals surface area contributed by atoms with Crippen LogP contribution in [0.2, 0.25) is 0 Å². The number of amides is 1. The number of benzene rings is 1. The Morgan fingerprint density at radius 3 is 2.65 bits per heavy atom. The molecule has 0 saturated carbocycles. The second-order valence-corrected chi connectivity index (χ2v) is 4.47. The zero-order valence-electron chi connectivity index (χ0n) is 11.4. The van der Waals surface area contributed by atoms with E-state index in [2.05, 4.69) is 10.6 Å². The largest absolute Gasteiger partial charge is 0.480 e. The van der Waals surface area contributed by atoms with Crippen molar-refractivity contribution < 1.29 is 19.1 Å². The second-order valence-electron chi connectivity index (χ2n) is 4.47. The van der Waals surface area contributed by atoms with Crippen molar-refractivity contribution in [3.8, 4) is 0 Å². The maximum absolute atomic E-state index is 13.4. The molecule has 1 amide bonds. The summed E-state index contributed by atoms with van der Waals surface area (Å²) in [5.41, 5.74) is 0.554. The van der Waals surface area contributed by atoms with E-state index in [0.717, 1.165) is 0 Å². The van der Waals surface area contributed by atoms with Gasteiger partial charge in [0.2, 0.25) is 5.91 Å². The molecule has 1 aromatic carbocycles. The highest BCUT2D eigenvalue weighted by Gasteiger charge is 2.19. The summed E-state index contributed by atoms with van der Waals surface area (Å²) in [5, 5.41) is 14.1. The lowest BCUT2D eigenvalue weighted by atomic mass is 10.0. The van der Waals surface area contributed by atoms with Gasteiger partial charge in [0.15, 0.2) is 0 Å². The van der Waals surface area contributed by atoms with Crippen LogP contribution in [-0.4, -0.2) is 36.6 Å². The molecule has 3 N–H and O–H groups in total. The van der Waals surface area contributed by atoms with Gasteiger partial charge in [-0.05, 0) is 37.9 Å². The molecule has 0 saturated heterocycles. The van der Waals surface area contributed by atoms with Crippen LogP contribution in [0.5, 0.6) is 0 Å². The molecule has 0 aliphatic rings. The van der Waals surface area contributed by atoms with Crippen molar-refractivity contribution in [3.63, 3.8) is 0 Å². The van der Waals surface area contributed by atoms with Gasteiger partial charge in [-0.25, -0.2) is 9.18 Å². The molecule has 0 aromatic heterocycles. The van der Waals surface area contributed by atoms with Crippen molar-refractivity contribution >= 4 is 11.9 Å². The Morgan fingerprint density at radius 2 is 2.05 bits per heavy atom. The Hall–Kier alpha value is -1.95. The molecule has 0 heterocycles. The first-order valence-electron chi connectivity index (χ1n) is 6.44. The smallest absolute Gasteiger partial charge is 0.326 e. The van der Waals surface area contributed by atoms with E-state index in [4.69, 9.17) is 5.11 Å². The minimum Gasteiger partial charge on any atom is -0.480 e. The van der Waals surface area contributed by atoms with Gasteiger partial charge in [0, 0.05) is 0 Å². The number of rotatable bonds is 8. The highest BCUT2D eigenvalue weighted by Crippen LogP contribution is 2.11. The van der Waals surface area contributed by atoms with Gasteiger partial charge in [-0.3, -0.25) is 4.79 Å². The Kier molecular flexibility index (Phi) is 6.66. The van der Waals surface area contributed by atoms with E-state index >= 15 is 0 Å². The molecular formula is C14H19FN2O3. The highest BCUT2D eigenvalue weighted by atomic mass is 19.1. The maximum atomic E-state index is 13.4. The molecule has 1 unspecified atom stereocenters. The summed E-state index contributed by atoms with van der Waals surface area (Å²) in [6.07, 6.45) is 1.19. The molecule has 0 fully saturated rings. The standard InChI is InChI=1S/C14H19FN2O3/c1-16-9-13(18)17-12(14(19)20)8-4-6-10-5-2-3-7-11(10)15/h2-3,5,7,12,16H,4,6,8-9H2,1H3,(H,17,18)(H,19,20). The van der Waals surface area contributed by atoms with Gasteiger partial charge in [-0.1, -0.05) is 18.2 Å². The van der Waals surface area contributed by atoms with Crippen LogP contribution in [-0.2, 0) is 16.0 Å². The van der Waals surface area contributed by atoms with Crippen molar-refractivity contribution in [2.45, 2.75) is 25.3 Å². The van der Waals surface area contributed by atoms with E-state index < -0.39 is 12.0 Å². The Labute approximate surface area is 117 Å². The molecule has 5 nitrogen and oxygen atoms in total. The van der Waals surface area contributed by atoms with Crippen molar-refractivity contribution in [2.24, 2.45) is 0 Å². The van der Waals surface area contributed by atoms with Crippen LogP contribution < -0.4 is 10.6 Å². The summed E-state index contributed by atoms with van der Waals surface area (Å²) in [6, 6.07) is 5.45. The topological polar surface area (TPSA) is 78.4 Å². The fourth-order valence-electron chi connectivity index (χ4n) is 1.86. The van der Waals surface area contributed by atoms with Crippen molar-refractivity contribution in [1.29, 1.82) is 0 Å². The number of aliphatic carboxylic acids is 1. The molecule has 0 aliphatic heterocycles. The van der Waals surface area contributed by atoms with Gasteiger partial charge in [-0.15, -0.1) is 0 Å². The average Bonchev–Trinajstić information content (AvgIpc) is 2.40. The lowest BCUT2D eigenvalue weighted by molar-refractivity contribution is -0.141. The van der Waals surface area contributed by atoms with E-state index in [1.165, 1.54) is 6.07 Å². The fraction of sp³-hybridized carbons (Fsp3) is 0.429. The summed E-state index contributed by atoms with van der Waals surface area (Å²) in [6.45, 7) is 0.0666. The molecule has 1 atom stereocenters. The molecule has 0 radical (unpaired) electrons. The SMILES string of the molecule is CNCC(=O)NC(CCCc1ccccc1F)C(=O)O. The number of hydrogen-bond acceptors (Lipinski definition) is 3. The summed E-state index contributed by atoms with van der Waals surface area (Å²) in [4.78, 5) is 22.4. The third-order valence-corrected chi connectivity index (χ3v) is 2.87. The van der Waals surface area contributed by atoms with E-state index in [0.29, 0.717) is 18.4 Å². The molecule has 0 bridgehead atoms. The van der Waals surface area contributed by atoms with Gasteiger partial charge >= 0.3 is 5.97 Å². The van der Waals surface area contributed by atoms with Gasteiger partial charge in [0.1, 0.15) is 11.9 Å². The van der Waals surface area contributed by atoms with E-state index in [1.54, 1.807) is 25.2 Å².